The fourth-order valence-electron chi connectivity index (χ4n) is 4.88. The lowest BCUT2D eigenvalue weighted by Gasteiger charge is -2.39. The zero-order chi connectivity index (χ0) is 25.0. The monoisotopic (exact) mass is 531 g/mol. The van der Waals surface area contributed by atoms with E-state index >= 15 is 0 Å². The topological polar surface area (TPSA) is 101 Å². The van der Waals surface area contributed by atoms with E-state index in [2.05, 4.69) is 0 Å². The van der Waals surface area contributed by atoms with Gasteiger partial charge in [-0.05, 0) is 60.7 Å². The quantitative estimate of drug-likeness (QED) is 0.530. The van der Waals surface area contributed by atoms with Crippen LogP contribution >= 0.6 is 11.6 Å². The van der Waals surface area contributed by atoms with E-state index in [1.165, 1.54) is 16.4 Å². The Balaban J connectivity index is 1.73. The van der Waals surface area contributed by atoms with Gasteiger partial charge in [0.25, 0.3) is 0 Å². The summed E-state index contributed by atoms with van der Waals surface area (Å²) in [6.45, 7) is 0.508. The van der Waals surface area contributed by atoms with Crippen LogP contribution in [0.2, 0.25) is 5.02 Å². The Labute approximate surface area is 211 Å². The Morgan fingerprint density at radius 1 is 1.00 bits per heavy atom. The van der Waals surface area contributed by atoms with Crippen LogP contribution in [0.3, 0.4) is 0 Å². The lowest BCUT2D eigenvalue weighted by Crippen LogP contribution is -2.47. The minimum Gasteiger partial charge on any atom is -0.339 e. The molecule has 35 heavy (non-hydrogen) atoms. The van der Waals surface area contributed by atoms with Crippen LogP contribution in [0.1, 0.15) is 19.3 Å². The van der Waals surface area contributed by atoms with Gasteiger partial charge in [-0.3, -0.25) is 0 Å². The molecule has 0 bridgehead atoms. The van der Waals surface area contributed by atoms with Gasteiger partial charge in [0, 0.05) is 30.9 Å². The summed E-state index contributed by atoms with van der Waals surface area (Å²) in [6, 6.07) is 18.7. The van der Waals surface area contributed by atoms with E-state index in [1.807, 2.05) is 35.2 Å². The molecule has 1 saturated carbocycles. The van der Waals surface area contributed by atoms with Crippen molar-refractivity contribution in [3.63, 3.8) is 0 Å². The van der Waals surface area contributed by atoms with Gasteiger partial charge in [-0.25, -0.2) is 22.0 Å². The molecule has 0 radical (unpaired) electrons. The molecule has 2 N–H and O–H groups in total. The number of primary sulfonamides is 1. The average molecular weight is 532 g/mol. The van der Waals surface area contributed by atoms with Crippen LogP contribution < -0.4 is 10.0 Å². The van der Waals surface area contributed by atoms with Gasteiger partial charge in [-0.1, -0.05) is 48.4 Å². The number of fused-ring (bicyclic) bond motifs is 1. The van der Waals surface area contributed by atoms with Gasteiger partial charge in [0.15, 0.2) is 0 Å². The van der Waals surface area contributed by atoms with Gasteiger partial charge >= 0.3 is 0 Å². The van der Waals surface area contributed by atoms with Crippen molar-refractivity contribution < 1.29 is 16.8 Å². The van der Waals surface area contributed by atoms with E-state index in [4.69, 9.17) is 16.7 Å². The summed E-state index contributed by atoms with van der Waals surface area (Å²) in [7, 11) is -6.16. The zero-order valence-electron chi connectivity index (χ0n) is 19.1. The lowest BCUT2D eigenvalue weighted by atomic mass is 9.79. The molecular weight excluding hydrogens is 506 g/mol. The second-order valence-electron chi connectivity index (χ2n) is 9.10. The van der Waals surface area contributed by atoms with Crippen molar-refractivity contribution in [2.75, 3.05) is 18.5 Å². The molecule has 1 aliphatic heterocycles. The van der Waals surface area contributed by atoms with Gasteiger partial charge in [0.05, 0.1) is 15.6 Å². The number of hydrogen-bond acceptors (Lipinski definition) is 5. The van der Waals surface area contributed by atoms with Crippen molar-refractivity contribution in [1.82, 2.24) is 4.31 Å². The molecule has 1 heterocycles. The molecule has 0 saturated heterocycles. The number of nitrogens with two attached hydrogens (primary N) is 1. The van der Waals surface area contributed by atoms with Gasteiger partial charge in [-0.2, -0.15) is 4.31 Å². The van der Waals surface area contributed by atoms with Gasteiger partial charge < -0.3 is 4.90 Å². The van der Waals surface area contributed by atoms with E-state index in [0.717, 1.165) is 24.9 Å². The van der Waals surface area contributed by atoms with E-state index < -0.39 is 20.0 Å². The third-order valence-corrected chi connectivity index (χ3v) is 10.2. The fourth-order valence-corrected chi connectivity index (χ4v) is 7.31. The lowest BCUT2D eigenvalue weighted by molar-refractivity contribution is 0.185. The van der Waals surface area contributed by atoms with E-state index in [0.29, 0.717) is 28.4 Å². The summed E-state index contributed by atoms with van der Waals surface area (Å²) in [6.07, 6.45) is 3.09. The average Bonchev–Trinajstić information content (AvgIpc) is 2.86. The predicted octanol–water partition coefficient (Wildman–Crippen LogP) is 4.60. The van der Waals surface area contributed by atoms with Crippen LogP contribution in [0.5, 0.6) is 0 Å². The molecule has 3 aromatic carbocycles. The summed E-state index contributed by atoms with van der Waals surface area (Å²) in [5, 5.41) is 5.63. The molecule has 2 aliphatic rings. The maximum absolute atomic E-state index is 13.9. The first kappa shape index (κ1) is 24.3. The Morgan fingerprint density at radius 3 is 2.34 bits per heavy atom. The van der Waals surface area contributed by atoms with Crippen LogP contribution in [-0.4, -0.2) is 40.8 Å². The normalized spacial score (nSPS) is 20.7. The number of benzene rings is 3. The Kier molecular flexibility index (Phi) is 6.17. The Hall–Kier alpha value is -2.43. The molecule has 0 amide bonds. The number of halogens is 1. The van der Waals surface area contributed by atoms with Crippen molar-refractivity contribution in [2.45, 2.75) is 35.1 Å². The number of likely N-dealkylation sites (N-methyl/N-ethyl adjacent to an activating group) is 1. The molecule has 5 rings (SSSR count). The Bertz CT molecular complexity index is 1490. The van der Waals surface area contributed by atoms with Crippen LogP contribution in [0.15, 0.2) is 76.5 Å². The van der Waals surface area contributed by atoms with Crippen molar-refractivity contribution in [3.8, 4) is 11.1 Å². The zero-order valence-corrected chi connectivity index (χ0v) is 21.5. The largest absolute Gasteiger partial charge is 0.339 e. The van der Waals surface area contributed by atoms with Crippen LogP contribution in [-0.2, 0) is 20.0 Å². The standard InChI is InChI=1S/C25H26ClN3O4S2/c1-28-24(17-7-5-8-17)16-29(19-10-3-2-4-11-19)23-15-22(26)21(14-25(23)35(28,32)33)18-9-6-12-20(13-18)34(27,30)31/h2-4,6,9-15,17,24H,5,7-8,16H2,1H3,(H2,27,30,31)/t24-/m0/s1. The second-order valence-corrected chi connectivity index (χ2v) is 13.0. The van der Waals surface area contributed by atoms with Crippen LogP contribution in [0.25, 0.3) is 11.1 Å². The predicted molar refractivity (Wildman–Crippen MR) is 138 cm³/mol. The highest BCUT2D eigenvalue weighted by Gasteiger charge is 2.42. The molecule has 10 heteroatoms. The molecule has 0 spiro atoms. The van der Waals surface area contributed by atoms with E-state index in [9.17, 15) is 16.8 Å². The van der Waals surface area contributed by atoms with Crippen molar-refractivity contribution in [2.24, 2.45) is 11.1 Å². The smallest absolute Gasteiger partial charge is 0.245 e. The molecular formula is C25H26ClN3O4S2. The molecule has 7 nitrogen and oxygen atoms in total. The number of rotatable bonds is 4. The number of para-hydroxylation sites is 1. The first-order valence-corrected chi connectivity index (χ1v) is 14.7. The minimum absolute atomic E-state index is 0.0723. The van der Waals surface area contributed by atoms with Crippen molar-refractivity contribution in [3.05, 3.63) is 71.8 Å². The van der Waals surface area contributed by atoms with Crippen LogP contribution in [0.4, 0.5) is 11.4 Å². The summed E-state index contributed by atoms with van der Waals surface area (Å²) >= 11 is 6.72. The first-order chi connectivity index (χ1) is 16.6. The third-order valence-electron chi connectivity index (χ3n) is 7.07. The maximum Gasteiger partial charge on any atom is 0.245 e. The second kappa shape index (κ2) is 8.90. The fraction of sp³-hybridized carbons (Fsp3) is 0.280. The minimum atomic E-state index is -3.94. The molecule has 3 aromatic rings. The maximum atomic E-state index is 13.9. The number of nitrogens with zero attached hydrogens (tertiary/aromatic N) is 2. The summed E-state index contributed by atoms with van der Waals surface area (Å²) in [5.74, 6) is 0.289. The molecule has 0 unspecified atom stereocenters. The number of anilines is 2. The number of sulfonamides is 2. The third kappa shape index (κ3) is 4.36. The van der Waals surface area contributed by atoms with Crippen molar-refractivity contribution in [1.29, 1.82) is 0 Å². The summed E-state index contributed by atoms with van der Waals surface area (Å²) in [5.41, 5.74) is 2.26. The highest BCUT2D eigenvalue weighted by Crippen LogP contribution is 2.45. The van der Waals surface area contributed by atoms with E-state index in [-0.39, 0.29) is 21.8 Å². The SMILES string of the molecule is CN1[C@H](C2CCC2)CN(c2ccccc2)c2cc(Cl)c(-c3cccc(S(N)(=O)=O)c3)cc2S1(=O)=O. The van der Waals surface area contributed by atoms with Crippen molar-refractivity contribution >= 4 is 43.0 Å². The van der Waals surface area contributed by atoms with E-state index in [1.54, 1.807) is 31.3 Å². The number of hydrogen-bond donors (Lipinski definition) is 1. The highest BCUT2D eigenvalue weighted by molar-refractivity contribution is 7.89. The molecule has 1 fully saturated rings. The summed E-state index contributed by atoms with van der Waals surface area (Å²) < 4.78 is 53.1. The summed E-state index contributed by atoms with van der Waals surface area (Å²) in [4.78, 5) is 2.08. The van der Waals surface area contributed by atoms with Gasteiger partial charge in [0.1, 0.15) is 4.90 Å². The first-order valence-electron chi connectivity index (χ1n) is 11.3. The molecule has 184 valence electrons. The molecule has 1 atom stereocenters. The van der Waals surface area contributed by atoms with Gasteiger partial charge in [-0.15, -0.1) is 0 Å². The molecule has 0 aromatic heterocycles. The Morgan fingerprint density at radius 2 is 1.71 bits per heavy atom. The molecule has 1 aliphatic carbocycles. The van der Waals surface area contributed by atoms with Gasteiger partial charge in [0.2, 0.25) is 20.0 Å². The highest BCUT2D eigenvalue weighted by atomic mass is 35.5. The van der Waals surface area contributed by atoms with Crippen LogP contribution in [0, 0.1) is 5.92 Å².